The van der Waals surface area contributed by atoms with Crippen molar-refractivity contribution >= 4 is 22.9 Å². The first kappa shape index (κ1) is 14.4. The van der Waals surface area contributed by atoms with Gasteiger partial charge in [0.15, 0.2) is 0 Å². The van der Waals surface area contributed by atoms with E-state index < -0.39 is 0 Å². The molecule has 20 heavy (non-hydrogen) atoms. The maximum atomic E-state index is 12.3. The molecule has 106 valence electrons. The second-order valence-corrected chi connectivity index (χ2v) is 5.43. The number of methoxy groups -OCH3 is 2. The van der Waals surface area contributed by atoms with Crippen molar-refractivity contribution in [2.75, 3.05) is 19.5 Å². The zero-order valence-corrected chi connectivity index (χ0v) is 12.8. The minimum Gasteiger partial charge on any atom is -0.497 e. The predicted molar refractivity (Wildman–Crippen MR) is 81.3 cm³/mol. The number of thiophene rings is 1. The van der Waals surface area contributed by atoms with Gasteiger partial charge in [0.05, 0.1) is 25.5 Å². The highest BCUT2D eigenvalue weighted by atomic mass is 32.1. The summed E-state index contributed by atoms with van der Waals surface area (Å²) in [5.74, 6) is 1.13. The van der Waals surface area contributed by atoms with Gasteiger partial charge < -0.3 is 14.8 Å². The number of hydrogen-bond acceptors (Lipinski definition) is 4. The maximum absolute atomic E-state index is 12.3. The van der Waals surface area contributed by atoms with Crippen LogP contribution >= 0.6 is 11.3 Å². The van der Waals surface area contributed by atoms with Crippen molar-refractivity contribution in [1.82, 2.24) is 0 Å². The van der Waals surface area contributed by atoms with E-state index in [1.54, 1.807) is 43.8 Å². The number of anilines is 1. The van der Waals surface area contributed by atoms with Gasteiger partial charge in [-0.3, -0.25) is 4.79 Å². The highest BCUT2D eigenvalue weighted by Crippen LogP contribution is 2.30. The topological polar surface area (TPSA) is 47.6 Å². The van der Waals surface area contributed by atoms with Crippen LogP contribution in [0.4, 0.5) is 5.69 Å². The molecule has 0 spiro atoms. The van der Waals surface area contributed by atoms with Gasteiger partial charge in [-0.1, -0.05) is 0 Å². The van der Waals surface area contributed by atoms with Gasteiger partial charge in [-0.05, 0) is 31.5 Å². The Morgan fingerprint density at radius 3 is 2.50 bits per heavy atom. The van der Waals surface area contributed by atoms with Crippen LogP contribution in [0.15, 0.2) is 23.6 Å². The Hall–Kier alpha value is -2.01. The van der Waals surface area contributed by atoms with Gasteiger partial charge in [0.1, 0.15) is 11.5 Å². The Balaban J connectivity index is 2.29. The van der Waals surface area contributed by atoms with Crippen molar-refractivity contribution in [3.05, 3.63) is 39.6 Å². The Morgan fingerprint density at radius 1 is 1.20 bits per heavy atom. The SMILES string of the molecule is COc1ccc(OC)c(NC(=O)c2csc(C)c2C)c1. The summed E-state index contributed by atoms with van der Waals surface area (Å²) < 4.78 is 10.4. The van der Waals surface area contributed by atoms with E-state index >= 15 is 0 Å². The molecule has 0 aliphatic rings. The number of nitrogens with one attached hydrogen (secondary N) is 1. The van der Waals surface area contributed by atoms with Gasteiger partial charge in [0, 0.05) is 16.3 Å². The van der Waals surface area contributed by atoms with Crippen LogP contribution < -0.4 is 14.8 Å². The summed E-state index contributed by atoms with van der Waals surface area (Å²) in [6.45, 7) is 3.95. The van der Waals surface area contributed by atoms with Crippen molar-refractivity contribution in [2.24, 2.45) is 0 Å². The number of ether oxygens (including phenoxy) is 2. The van der Waals surface area contributed by atoms with Crippen LogP contribution in [0.25, 0.3) is 0 Å². The molecule has 0 aliphatic carbocycles. The molecule has 0 aliphatic heterocycles. The van der Waals surface area contributed by atoms with E-state index in [0.717, 1.165) is 10.4 Å². The Kier molecular flexibility index (Phi) is 4.29. The van der Waals surface area contributed by atoms with Gasteiger partial charge in [-0.2, -0.15) is 0 Å². The minimum atomic E-state index is -0.140. The van der Waals surface area contributed by atoms with Crippen LogP contribution in [0.2, 0.25) is 0 Å². The monoisotopic (exact) mass is 291 g/mol. The molecule has 2 aromatic rings. The summed E-state index contributed by atoms with van der Waals surface area (Å²) in [6.07, 6.45) is 0. The number of benzene rings is 1. The molecule has 1 aromatic carbocycles. The normalized spacial score (nSPS) is 10.2. The molecule has 5 heteroatoms. The summed E-state index contributed by atoms with van der Waals surface area (Å²) in [4.78, 5) is 13.5. The van der Waals surface area contributed by atoms with Gasteiger partial charge >= 0.3 is 0 Å². The fourth-order valence-electron chi connectivity index (χ4n) is 1.84. The molecule has 0 saturated heterocycles. The van der Waals surface area contributed by atoms with Crippen LogP contribution in [-0.4, -0.2) is 20.1 Å². The average molecular weight is 291 g/mol. The molecule has 0 fully saturated rings. The van der Waals surface area contributed by atoms with Gasteiger partial charge in [0.2, 0.25) is 0 Å². The van der Waals surface area contributed by atoms with Crippen molar-refractivity contribution < 1.29 is 14.3 Å². The minimum absolute atomic E-state index is 0.140. The lowest BCUT2D eigenvalue weighted by Crippen LogP contribution is -2.13. The van der Waals surface area contributed by atoms with Crippen molar-refractivity contribution in [2.45, 2.75) is 13.8 Å². The van der Waals surface area contributed by atoms with Gasteiger partial charge in [-0.15, -0.1) is 11.3 Å². The highest BCUT2D eigenvalue weighted by molar-refractivity contribution is 7.10. The van der Waals surface area contributed by atoms with E-state index in [4.69, 9.17) is 9.47 Å². The molecule has 0 radical (unpaired) electrons. The molecular weight excluding hydrogens is 274 g/mol. The standard InChI is InChI=1S/C15H17NO3S/c1-9-10(2)20-8-12(9)15(17)16-13-7-11(18-3)5-6-14(13)19-4/h5-8H,1-4H3,(H,16,17). The first-order valence-corrected chi connectivity index (χ1v) is 7.03. The number of rotatable bonds is 4. The van der Waals surface area contributed by atoms with Crippen molar-refractivity contribution in [3.63, 3.8) is 0 Å². The molecule has 1 N–H and O–H groups in total. The smallest absolute Gasteiger partial charge is 0.256 e. The molecule has 0 saturated carbocycles. The van der Waals surface area contributed by atoms with Crippen LogP contribution in [0.5, 0.6) is 11.5 Å². The molecule has 0 atom stereocenters. The van der Waals surface area contributed by atoms with E-state index in [1.165, 1.54) is 0 Å². The number of carbonyl (C=O) groups excluding carboxylic acids is 1. The fraction of sp³-hybridized carbons (Fsp3) is 0.267. The third-order valence-corrected chi connectivity index (χ3v) is 4.20. The van der Waals surface area contributed by atoms with Gasteiger partial charge in [-0.25, -0.2) is 0 Å². The Labute approximate surface area is 122 Å². The van der Waals surface area contributed by atoms with E-state index in [1.807, 2.05) is 19.2 Å². The number of aryl methyl sites for hydroxylation is 1. The summed E-state index contributed by atoms with van der Waals surface area (Å²) >= 11 is 1.57. The third-order valence-electron chi connectivity index (χ3n) is 3.19. The van der Waals surface area contributed by atoms with E-state index in [2.05, 4.69) is 5.32 Å². The molecule has 1 amide bonds. The van der Waals surface area contributed by atoms with Crippen molar-refractivity contribution in [3.8, 4) is 11.5 Å². The highest BCUT2D eigenvalue weighted by Gasteiger charge is 2.15. The van der Waals surface area contributed by atoms with Crippen LogP contribution in [-0.2, 0) is 0 Å². The average Bonchev–Trinajstić information content (AvgIpc) is 2.79. The quantitative estimate of drug-likeness (QED) is 0.935. The number of hydrogen-bond donors (Lipinski definition) is 1. The van der Waals surface area contributed by atoms with E-state index in [0.29, 0.717) is 22.7 Å². The second kappa shape index (κ2) is 5.96. The first-order valence-electron chi connectivity index (χ1n) is 6.15. The molecular formula is C15H17NO3S. The molecule has 1 heterocycles. The molecule has 1 aromatic heterocycles. The van der Waals surface area contributed by atoms with Crippen LogP contribution in [0.1, 0.15) is 20.8 Å². The summed E-state index contributed by atoms with van der Waals surface area (Å²) in [5.41, 5.74) is 2.30. The van der Waals surface area contributed by atoms with Gasteiger partial charge in [0.25, 0.3) is 5.91 Å². The lowest BCUT2D eigenvalue weighted by atomic mass is 10.1. The molecule has 2 rings (SSSR count). The lowest BCUT2D eigenvalue weighted by Gasteiger charge is -2.11. The predicted octanol–water partition coefficient (Wildman–Crippen LogP) is 3.63. The molecule has 0 unspecified atom stereocenters. The zero-order valence-electron chi connectivity index (χ0n) is 11.9. The first-order chi connectivity index (χ1) is 9.56. The second-order valence-electron chi connectivity index (χ2n) is 4.35. The van der Waals surface area contributed by atoms with Crippen molar-refractivity contribution in [1.29, 1.82) is 0 Å². The van der Waals surface area contributed by atoms with Crippen LogP contribution in [0, 0.1) is 13.8 Å². The summed E-state index contributed by atoms with van der Waals surface area (Å²) in [6, 6.07) is 5.29. The summed E-state index contributed by atoms with van der Waals surface area (Å²) in [5, 5.41) is 4.74. The van der Waals surface area contributed by atoms with E-state index in [9.17, 15) is 4.79 Å². The number of carbonyl (C=O) groups is 1. The lowest BCUT2D eigenvalue weighted by molar-refractivity contribution is 0.102. The van der Waals surface area contributed by atoms with Crippen LogP contribution in [0.3, 0.4) is 0 Å². The number of amides is 1. The Morgan fingerprint density at radius 2 is 1.95 bits per heavy atom. The summed E-state index contributed by atoms with van der Waals surface area (Å²) in [7, 11) is 3.15. The molecule has 4 nitrogen and oxygen atoms in total. The Bertz CT molecular complexity index is 634. The third kappa shape index (κ3) is 2.77. The van der Waals surface area contributed by atoms with E-state index in [-0.39, 0.29) is 5.91 Å². The maximum Gasteiger partial charge on any atom is 0.256 e. The molecule has 0 bridgehead atoms. The fourth-order valence-corrected chi connectivity index (χ4v) is 2.70. The zero-order chi connectivity index (χ0) is 14.7. The largest absolute Gasteiger partial charge is 0.497 e.